The van der Waals surface area contributed by atoms with Crippen molar-refractivity contribution in [1.82, 2.24) is 14.5 Å². The maximum absolute atomic E-state index is 14.7. The summed E-state index contributed by atoms with van der Waals surface area (Å²) in [5.41, 5.74) is 1.34. The van der Waals surface area contributed by atoms with Crippen molar-refractivity contribution in [3.05, 3.63) is 69.9 Å². The number of imidazole rings is 1. The van der Waals surface area contributed by atoms with Gasteiger partial charge in [0.1, 0.15) is 5.82 Å². The second-order valence-electron chi connectivity index (χ2n) is 7.28. The van der Waals surface area contributed by atoms with Crippen molar-refractivity contribution in [2.75, 3.05) is 13.1 Å². The molecule has 0 bridgehead atoms. The molecule has 1 fully saturated rings. The van der Waals surface area contributed by atoms with Gasteiger partial charge < -0.3 is 10.1 Å². The molecule has 1 aliphatic heterocycles. The van der Waals surface area contributed by atoms with Crippen LogP contribution in [0.4, 0.5) is 13.2 Å². The van der Waals surface area contributed by atoms with Crippen molar-refractivity contribution in [2.24, 2.45) is 0 Å². The van der Waals surface area contributed by atoms with Crippen molar-refractivity contribution in [3.8, 4) is 0 Å². The van der Waals surface area contributed by atoms with Crippen LogP contribution in [0.2, 0.25) is 0 Å². The van der Waals surface area contributed by atoms with Crippen molar-refractivity contribution >= 4 is 22.8 Å². The largest absolute Gasteiger partial charge is 0.419 e. The lowest BCUT2D eigenvalue weighted by Gasteiger charge is -2.11. The Morgan fingerprint density at radius 3 is 2.58 bits per heavy atom. The quantitative estimate of drug-likeness (QED) is 0.428. The Kier molecular flexibility index (Phi) is 5.64. The number of alkyl halides is 2. The number of fused-ring (bicyclic) bond motifs is 1. The van der Waals surface area contributed by atoms with E-state index in [9.17, 15) is 18.0 Å². The Morgan fingerprint density at radius 2 is 1.94 bits per heavy atom. The highest BCUT2D eigenvalue weighted by atomic mass is 19.3. The number of hydrogen-bond acceptors (Lipinski definition) is 5. The molecular weight excluding hydrogens is 411 g/mol. The Bertz CT molecular complexity index is 1210. The first-order chi connectivity index (χ1) is 14.9. The van der Waals surface area contributed by atoms with Gasteiger partial charge in [0.15, 0.2) is 0 Å². The fourth-order valence-electron chi connectivity index (χ4n) is 3.80. The molecule has 1 saturated heterocycles. The lowest BCUT2D eigenvalue weighted by Crippen LogP contribution is -2.29. The van der Waals surface area contributed by atoms with E-state index in [1.807, 2.05) is 18.2 Å². The van der Waals surface area contributed by atoms with Gasteiger partial charge in [-0.2, -0.15) is 8.78 Å². The van der Waals surface area contributed by atoms with Gasteiger partial charge in [-0.15, -0.1) is 0 Å². The third-order valence-corrected chi connectivity index (χ3v) is 5.32. The number of hydrogen-bond donors (Lipinski definition) is 3. The predicted molar refractivity (Wildman–Crippen MR) is 110 cm³/mol. The molecule has 7 nitrogen and oxygen atoms in total. The smallest absolute Gasteiger partial charge is 0.329 e. The Labute approximate surface area is 175 Å². The summed E-state index contributed by atoms with van der Waals surface area (Å²) in [6.07, 6.45) is -2.34. The number of nitrogens with zero attached hydrogens (tertiary/aromatic N) is 2. The maximum atomic E-state index is 14.7. The van der Waals surface area contributed by atoms with E-state index in [4.69, 9.17) is 10.8 Å². The molecule has 2 aromatic carbocycles. The molecule has 1 atom stereocenters. The molecule has 0 saturated carbocycles. The van der Waals surface area contributed by atoms with Crippen molar-refractivity contribution < 1.29 is 17.9 Å². The molecule has 4 rings (SSSR count). The van der Waals surface area contributed by atoms with Crippen LogP contribution in [0.1, 0.15) is 23.6 Å². The lowest BCUT2D eigenvalue weighted by atomic mass is 10.1. The summed E-state index contributed by atoms with van der Waals surface area (Å²) in [6.45, 7) is 1.48. The molecule has 3 N–H and O–H groups in total. The first kappa shape index (κ1) is 20.9. The second kappa shape index (κ2) is 8.38. The second-order valence-corrected chi connectivity index (χ2v) is 7.28. The number of benzene rings is 2. The Hall–Kier alpha value is -3.40. The van der Waals surface area contributed by atoms with Gasteiger partial charge in [0.05, 0.1) is 23.6 Å². The monoisotopic (exact) mass is 431 g/mol. The van der Waals surface area contributed by atoms with E-state index in [0.29, 0.717) is 12.1 Å². The third-order valence-electron chi connectivity index (χ3n) is 5.32. The van der Waals surface area contributed by atoms with Gasteiger partial charge in [-0.25, -0.2) is 9.18 Å². The minimum absolute atomic E-state index is 0.0219. The lowest BCUT2D eigenvalue weighted by molar-refractivity contribution is 0.197. The summed E-state index contributed by atoms with van der Waals surface area (Å²) in [7, 11) is 0. The van der Waals surface area contributed by atoms with Gasteiger partial charge in [0.25, 0.3) is 5.90 Å². The summed E-state index contributed by atoms with van der Waals surface area (Å²) >= 11 is 0. The first-order valence-corrected chi connectivity index (χ1v) is 9.69. The van der Waals surface area contributed by atoms with Crippen LogP contribution in [0.3, 0.4) is 0 Å². The molecular formula is C21H20F3N5O2. The van der Waals surface area contributed by atoms with E-state index in [2.05, 4.69) is 10.1 Å². The summed E-state index contributed by atoms with van der Waals surface area (Å²) in [6, 6.07) is 11.0. The molecule has 1 aliphatic rings. The summed E-state index contributed by atoms with van der Waals surface area (Å²) in [4.78, 5) is 13.2. The van der Waals surface area contributed by atoms with Crippen LogP contribution in [0.15, 0.2) is 47.3 Å². The zero-order valence-corrected chi connectivity index (χ0v) is 16.4. The predicted octanol–water partition coefficient (Wildman–Crippen LogP) is 3.11. The van der Waals surface area contributed by atoms with Gasteiger partial charge in [-0.3, -0.25) is 20.0 Å². The van der Waals surface area contributed by atoms with E-state index < -0.39 is 24.0 Å². The molecule has 31 heavy (non-hydrogen) atoms. The Morgan fingerprint density at radius 1 is 1.19 bits per heavy atom. The number of ether oxygens (including phenoxy) is 1. The van der Waals surface area contributed by atoms with Crippen LogP contribution in [0, 0.1) is 16.6 Å². The molecule has 2 heterocycles. The Balaban J connectivity index is 1.66. The average molecular weight is 431 g/mol. The number of nitrogens with one attached hydrogen (secondary N) is 3. The minimum atomic E-state index is -3.16. The van der Waals surface area contributed by atoms with E-state index in [1.165, 1.54) is 16.7 Å². The van der Waals surface area contributed by atoms with Crippen LogP contribution < -0.4 is 11.0 Å². The molecule has 3 aromatic rings. The number of rotatable bonds is 5. The highest BCUT2D eigenvalue weighted by molar-refractivity contribution is 5.99. The van der Waals surface area contributed by atoms with Gasteiger partial charge in [-0.1, -0.05) is 18.2 Å². The van der Waals surface area contributed by atoms with E-state index in [1.54, 1.807) is 10.6 Å². The van der Waals surface area contributed by atoms with Crippen molar-refractivity contribution in [2.45, 2.75) is 25.4 Å². The van der Waals surface area contributed by atoms with Crippen molar-refractivity contribution in [3.63, 3.8) is 0 Å². The third kappa shape index (κ3) is 3.98. The van der Waals surface area contributed by atoms with Crippen molar-refractivity contribution in [1.29, 1.82) is 10.8 Å². The number of para-hydroxylation sites is 2. The van der Waals surface area contributed by atoms with Crippen LogP contribution in [-0.2, 0) is 11.3 Å². The average Bonchev–Trinajstić information content (AvgIpc) is 3.36. The SMILES string of the molecule is N=C(OC(=N)C(F)F)c1ccc(Cn2c(=O)n(C3CCNC3)c3ccccc32)c(F)c1. The van der Waals surface area contributed by atoms with Crippen LogP contribution in [-0.4, -0.2) is 40.4 Å². The van der Waals surface area contributed by atoms with Gasteiger partial charge in [-0.05, 0) is 37.2 Å². The molecule has 162 valence electrons. The zero-order chi connectivity index (χ0) is 22.1. The highest BCUT2D eigenvalue weighted by Crippen LogP contribution is 2.22. The van der Waals surface area contributed by atoms with Crippen LogP contribution in [0.5, 0.6) is 0 Å². The van der Waals surface area contributed by atoms with Gasteiger partial charge >= 0.3 is 12.1 Å². The zero-order valence-electron chi connectivity index (χ0n) is 16.4. The van der Waals surface area contributed by atoms with Gasteiger partial charge in [0.2, 0.25) is 5.90 Å². The summed E-state index contributed by atoms with van der Waals surface area (Å²) < 4.78 is 47.2. The normalized spacial score (nSPS) is 16.2. The first-order valence-electron chi connectivity index (χ1n) is 9.69. The molecule has 10 heteroatoms. The summed E-state index contributed by atoms with van der Waals surface area (Å²) in [5.74, 6) is -2.84. The molecule has 0 radical (unpaired) electrons. The standard InChI is InChI=1S/C21H20F3N5O2/c22-15-9-12(19(25)31-20(26)18(23)24)5-6-13(15)11-28-16-3-1-2-4-17(16)29(21(28)30)14-7-8-27-10-14/h1-6,9,14,18,25-27H,7-8,10-11H2. The fourth-order valence-corrected chi connectivity index (χ4v) is 3.80. The summed E-state index contributed by atoms with van der Waals surface area (Å²) in [5, 5.41) is 17.9. The van der Waals surface area contributed by atoms with Crippen LogP contribution >= 0.6 is 0 Å². The number of aromatic nitrogens is 2. The van der Waals surface area contributed by atoms with Crippen LogP contribution in [0.25, 0.3) is 11.0 Å². The van der Waals surface area contributed by atoms with E-state index in [-0.39, 0.29) is 29.4 Å². The molecule has 1 unspecified atom stereocenters. The molecule has 0 amide bonds. The minimum Gasteiger partial charge on any atom is -0.419 e. The molecule has 0 aliphatic carbocycles. The van der Waals surface area contributed by atoms with Gasteiger partial charge in [0, 0.05) is 17.7 Å². The van der Waals surface area contributed by atoms with E-state index >= 15 is 0 Å². The fraction of sp³-hybridized carbons (Fsp3) is 0.286. The maximum Gasteiger partial charge on any atom is 0.329 e. The highest BCUT2D eigenvalue weighted by Gasteiger charge is 2.24. The van der Waals surface area contributed by atoms with E-state index in [0.717, 1.165) is 24.5 Å². The number of halogens is 3. The molecule has 0 spiro atoms. The molecule has 1 aromatic heterocycles. The topological polar surface area (TPSA) is 95.9 Å².